The minimum Gasteiger partial charge on any atom is -0.341 e. The SMILES string of the molecule is Cc1sc2c(-c3cnc(Cl)c(NS(C)(=O)=O)c3)nc(N3CCCCC3)nc2c1Br. The minimum atomic E-state index is -3.49. The summed E-state index contributed by atoms with van der Waals surface area (Å²) in [7, 11) is -3.49. The highest BCUT2D eigenvalue weighted by atomic mass is 79.9. The van der Waals surface area contributed by atoms with E-state index in [-0.39, 0.29) is 10.8 Å². The van der Waals surface area contributed by atoms with Crippen molar-refractivity contribution in [2.75, 3.05) is 29.0 Å². The fraction of sp³-hybridized carbons (Fsp3) is 0.389. The first-order valence-corrected chi connectivity index (χ1v) is 13.0. The van der Waals surface area contributed by atoms with Crippen molar-refractivity contribution < 1.29 is 8.42 Å². The van der Waals surface area contributed by atoms with E-state index in [1.54, 1.807) is 23.6 Å². The van der Waals surface area contributed by atoms with E-state index in [0.29, 0.717) is 11.5 Å². The first-order valence-electron chi connectivity index (χ1n) is 9.08. The van der Waals surface area contributed by atoms with Gasteiger partial charge in [-0.3, -0.25) is 4.72 Å². The summed E-state index contributed by atoms with van der Waals surface area (Å²) in [5.41, 5.74) is 2.48. The number of anilines is 2. The summed E-state index contributed by atoms with van der Waals surface area (Å²) in [4.78, 5) is 17.2. The van der Waals surface area contributed by atoms with Crippen molar-refractivity contribution in [3.05, 3.63) is 26.8 Å². The minimum absolute atomic E-state index is 0.0873. The Bertz CT molecular complexity index is 1190. The van der Waals surface area contributed by atoms with Gasteiger partial charge in [0.25, 0.3) is 0 Å². The number of sulfonamides is 1. The maximum Gasteiger partial charge on any atom is 0.229 e. The molecule has 1 saturated heterocycles. The second-order valence-electron chi connectivity index (χ2n) is 7.01. The van der Waals surface area contributed by atoms with Crippen LogP contribution in [-0.2, 0) is 10.0 Å². The van der Waals surface area contributed by atoms with Crippen LogP contribution in [0.5, 0.6) is 0 Å². The van der Waals surface area contributed by atoms with E-state index in [0.717, 1.165) is 57.4 Å². The zero-order valence-electron chi connectivity index (χ0n) is 15.9. The molecule has 1 N–H and O–H groups in total. The number of fused-ring (bicyclic) bond motifs is 1. The number of hydrogen-bond donors (Lipinski definition) is 1. The predicted molar refractivity (Wildman–Crippen MR) is 123 cm³/mol. The number of aromatic nitrogens is 3. The molecule has 4 heterocycles. The maximum atomic E-state index is 11.7. The Balaban J connectivity index is 1.90. The molecule has 0 unspecified atom stereocenters. The van der Waals surface area contributed by atoms with Gasteiger partial charge in [0.2, 0.25) is 16.0 Å². The lowest BCUT2D eigenvalue weighted by Crippen LogP contribution is -2.31. The number of piperidine rings is 1. The third-order valence-corrected chi connectivity index (χ3v) is 7.90. The summed E-state index contributed by atoms with van der Waals surface area (Å²) in [6.45, 7) is 3.87. The number of thiophene rings is 1. The lowest BCUT2D eigenvalue weighted by Gasteiger charge is -2.27. The first kappa shape index (κ1) is 20.8. The van der Waals surface area contributed by atoms with Crippen LogP contribution in [0.1, 0.15) is 24.1 Å². The standard InChI is InChI=1S/C18H19BrClN5O2S2/c1-10-13(19)15-16(28-10)14(22-18(23-15)25-6-4-3-5-7-25)11-8-12(17(20)21-9-11)24-29(2,26)27/h8-9,24H,3-7H2,1-2H3. The van der Waals surface area contributed by atoms with Crippen LogP contribution in [0.25, 0.3) is 21.5 Å². The quantitative estimate of drug-likeness (QED) is 0.499. The largest absolute Gasteiger partial charge is 0.341 e. The van der Waals surface area contributed by atoms with Gasteiger partial charge in [-0.25, -0.2) is 23.4 Å². The van der Waals surface area contributed by atoms with E-state index >= 15 is 0 Å². The Morgan fingerprint density at radius 2 is 1.97 bits per heavy atom. The van der Waals surface area contributed by atoms with Crippen molar-refractivity contribution in [2.24, 2.45) is 0 Å². The van der Waals surface area contributed by atoms with Gasteiger partial charge in [0, 0.05) is 29.7 Å². The lowest BCUT2D eigenvalue weighted by atomic mass is 10.1. The van der Waals surface area contributed by atoms with Crippen molar-refractivity contribution in [1.82, 2.24) is 15.0 Å². The molecule has 0 aliphatic carbocycles. The van der Waals surface area contributed by atoms with Crippen LogP contribution in [0.15, 0.2) is 16.7 Å². The van der Waals surface area contributed by atoms with Crippen molar-refractivity contribution in [3.63, 3.8) is 0 Å². The van der Waals surface area contributed by atoms with Crippen molar-refractivity contribution in [1.29, 1.82) is 0 Å². The molecule has 154 valence electrons. The zero-order chi connectivity index (χ0) is 20.8. The molecule has 1 aliphatic rings. The molecular formula is C18H19BrClN5O2S2. The summed E-state index contributed by atoms with van der Waals surface area (Å²) in [6, 6.07) is 1.67. The molecule has 4 rings (SSSR count). The van der Waals surface area contributed by atoms with E-state index < -0.39 is 10.0 Å². The molecule has 0 aromatic carbocycles. The van der Waals surface area contributed by atoms with Gasteiger partial charge in [-0.05, 0) is 48.2 Å². The number of rotatable bonds is 4. The Morgan fingerprint density at radius 3 is 2.66 bits per heavy atom. The molecule has 3 aromatic heterocycles. The highest BCUT2D eigenvalue weighted by Crippen LogP contribution is 2.40. The average Bonchev–Trinajstić information content (AvgIpc) is 2.97. The summed E-state index contributed by atoms with van der Waals surface area (Å²) in [6.07, 6.45) is 6.14. The number of nitrogens with one attached hydrogen (secondary N) is 1. The van der Waals surface area contributed by atoms with E-state index in [9.17, 15) is 8.42 Å². The summed E-state index contributed by atoms with van der Waals surface area (Å²) >= 11 is 11.4. The second-order valence-corrected chi connectivity index (χ2v) is 11.1. The van der Waals surface area contributed by atoms with Gasteiger partial charge in [0.1, 0.15) is 5.52 Å². The third kappa shape index (κ3) is 4.35. The van der Waals surface area contributed by atoms with Gasteiger partial charge in [-0.2, -0.15) is 0 Å². The zero-order valence-corrected chi connectivity index (χ0v) is 19.8. The number of pyridine rings is 1. The molecule has 0 saturated carbocycles. The smallest absolute Gasteiger partial charge is 0.229 e. The van der Waals surface area contributed by atoms with E-state index in [2.05, 4.69) is 30.5 Å². The Labute approximate surface area is 186 Å². The first-order chi connectivity index (χ1) is 13.7. The molecule has 29 heavy (non-hydrogen) atoms. The van der Waals surface area contributed by atoms with Crippen LogP contribution in [0.3, 0.4) is 0 Å². The Morgan fingerprint density at radius 1 is 1.24 bits per heavy atom. The fourth-order valence-corrected chi connectivity index (χ4v) is 5.75. The third-order valence-electron chi connectivity index (χ3n) is 4.67. The van der Waals surface area contributed by atoms with Crippen LogP contribution in [0.2, 0.25) is 5.15 Å². The van der Waals surface area contributed by atoms with Crippen LogP contribution >= 0.6 is 38.9 Å². The Hall–Kier alpha value is -1.49. The van der Waals surface area contributed by atoms with Gasteiger partial charge >= 0.3 is 0 Å². The normalized spacial score (nSPS) is 15.1. The van der Waals surface area contributed by atoms with Crippen LogP contribution in [0.4, 0.5) is 11.6 Å². The van der Waals surface area contributed by atoms with Gasteiger partial charge in [-0.15, -0.1) is 11.3 Å². The molecule has 0 radical (unpaired) electrons. The molecule has 1 fully saturated rings. The van der Waals surface area contributed by atoms with E-state index in [1.165, 1.54) is 6.42 Å². The summed E-state index contributed by atoms with van der Waals surface area (Å²) in [5, 5.41) is 0.0873. The van der Waals surface area contributed by atoms with E-state index in [4.69, 9.17) is 21.6 Å². The number of hydrogen-bond acceptors (Lipinski definition) is 7. The lowest BCUT2D eigenvalue weighted by molar-refractivity contribution is 0.569. The van der Waals surface area contributed by atoms with Crippen molar-refractivity contribution in [3.8, 4) is 11.3 Å². The van der Waals surface area contributed by atoms with Crippen LogP contribution in [0, 0.1) is 6.92 Å². The highest BCUT2D eigenvalue weighted by molar-refractivity contribution is 9.10. The van der Waals surface area contributed by atoms with E-state index in [1.807, 2.05) is 6.92 Å². The highest BCUT2D eigenvalue weighted by Gasteiger charge is 2.21. The number of halogens is 2. The number of nitrogens with zero attached hydrogens (tertiary/aromatic N) is 4. The molecule has 1 aliphatic heterocycles. The molecule has 3 aromatic rings. The molecule has 0 bridgehead atoms. The predicted octanol–water partition coefficient (Wildman–Crippen LogP) is 4.84. The van der Waals surface area contributed by atoms with Crippen LogP contribution in [-0.4, -0.2) is 42.7 Å². The second kappa shape index (κ2) is 7.98. The molecular weight excluding hydrogens is 498 g/mol. The molecule has 0 amide bonds. The molecule has 0 atom stereocenters. The number of aryl methyl sites for hydroxylation is 1. The van der Waals surface area contributed by atoms with Gasteiger partial charge in [-0.1, -0.05) is 11.6 Å². The Kier molecular flexibility index (Phi) is 5.71. The van der Waals surface area contributed by atoms with Gasteiger partial charge in [0.05, 0.1) is 26.8 Å². The topological polar surface area (TPSA) is 88.1 Å². The molecule has 7 nitrogen and oxygen atoms in total. The summed E-state index contributed by atoms with van der Waals surface area (Å²) < 4.78 is 27.7. The van der Waals surface area contributed by atoms with Crippen molar-refractivity contribution >= 4 is 70.7 Å². The monoisotopic (exact) mass is 515 g/mol. The molecule has 0 spiro atoms. The molecule has 11 heteroatoms. The maximum absolute atomic E-state index is 11.7. The fourth-order valence-electron chi connectivity index (χ4n) is 3.33. The average molecular weight is 517 g/mol. The van der Waals surface area contributed by atoms with Crippen LogP contribution < -0.4 is 9.62 Å². The van der Waals surface area contributed by atoms with Gasteiger partial charge in [0.15, 0.2) is 5.15 Å². The van der Waals surface area contributed by atoms with Gasteiger partial charge < -0.3 is 4.90 Å². The van der Waals surface area contributed by atoms with Crippen molar-refractivity contribution in [2.45, 2.75) is 26.2 Å². The summed E-state index contributed by atoms with van der Waals surface area (Å²) in [5.74, 6) is 0.679.